The van der Waals surface area contributed by atoms with E-state index in [-0.39, 0.29) is 12.5 Å². The molecule has 2 heterocycles. The topological polar surface area (TPSA) is 76.4 Å². The molecule has 1 amide bonds. The van der Waals surface area contributed by atoms with Gasteiger partial charge in [0.05, 0.1) is 23.9 Å². The number of aromatic nitrogens is 2. The molecule has 0 spiro atoms. The Balaban J connectivity index is 1.94. The molecule has 1 saturated heterocycles. The molecular weight excluding hydrogens is 282 g/mol. The summed E-state index contributed by atoms with van der Waals surface area (Å²) in [6.45, 7) is 7.78. The smallest absolute Gasteiger partial charge is 0.254 e. The molecule has 0 radical (unpaired) electrons. The second kappa shape index (κ2) is 7.74. The summed E-state index contributed by atoms with van der Waals surface area (Å²) in [7, 11) is 0. The lowest BCUT2D eigenvalue weighted by atomic mass is 10.1. The van der Waals surface area contributed by atoms with Crippen LogP contribution in [0.4, 0.5) is 0 Å². The van der Waals surface area contributed by atoms with Gasteiger partial charge >= 0.3 is 0 Å². The van der Waals surface area contributed by atoms with Crippen molar-refractivity contribution in [1.82, 2.24) is 15.1 Å². The molecule has 1 fully saturated rings. The SMILES string of the molecule is Cc1c(C(=O)NCC(O)CC(C)C)cnn1C1CCOCC1. The largest absolute Gasteiger partial charge is 0.391 e. The van der Waals surface area contributed by atoms with Crippen molar-refractivity contribution in [2.75, 3.05) is 19.8 Å². The molecule has 0 aliphatic carbocycles. The molecule has 22 heavy (non-hydrogen) atoms. The van der Waals surface area contributed by atoms with Crippen LogP contribution in [0, 0.1) is 12.8 Å². The first-order chi connectivity index (χ1) is 10.5. The number of carbonyl (C=O) groups excluding carboxylic acids is 1. The summed E-state index contributed by atoms with van der Waals surface area (Å²) in [6.07, 6.45) is 3.65. The average molecular weight is 309 g/mol. The molecule has 1 aromatic rings. The fraction of sp³-hybridized carbons (Fsp3) is 0.750. The summed E-state index contributed by atoms with van der Waals surface area (Å²) in [5.41, 5.74) is 1.46. The Morgan fingerprint density at radius 1 is 1.50 bits per heavy atom. The highest BCUT2D eigenvalue weighted by Gasteiger charge is 2.22. The fourth-order valence-corrected chi connectivity index (χ4v) is 2.88. The van der Waals surface area contributed by atoms with Crippen LogP contribution in [0.1, 0.15) is 55.2 Å². The van der Waals surface area contributed by atoms with E-state index in [1.807, 2.05) is 25.5 Å². The van der Waals surface area contributed by atoms with Gasteiger partial charge in [-0.3, -0.25) is 9.48 Å². The molecule has 0 aromatic carbocycles. The van der Waals surface area contributed by atoms with Crippen LogP contribution < -0.4 is 5.32 Å². The first-order valence-electron chi connectivity index (χ1n) is 8.07. The summed E-state index contributed by atoms with van der Waals surface area (Å²) in [4.78, 5) is 12.3. The lowest BCUT2D eigenvalue weighted by molar-refractivity contribution is 0.0656. The highest BCUT2D eigenvalue weighted by atomic mass is 16.5. The lowest BCUT2D eigenvalue weighted by Gasteiger charge is -2.23. The average Bonchev–Trinajstić information content (AvgIpc) is 2.87. The van der Waals surface area contributed by atoms with Crippen LogP contribution in [0.5, 0.6) is 0 Å². The number of aliphatic hydroxyl groups is 1. The summed E-state index contributed by atoms with van der Waals surface area (Å²) in [5, 5.41) is 17.0. The van der Waals surface area contributed by atoms with Gasteiger partial charge in [0.15, 0.2) is 0 Å². The summed E-state index contributed by atoms with van der Waals surface area (Å²) in [5.74, 6) is 0.239. The normalized spacial score (nSPS) is 17.7. The van der Waals surface area contributed by atoms with Gasteiger partial charge in [-0.1, -0.05) is 13.8 Å². The van der Waals surface area contributed by atoms with Crippen molar-refractivity contribution in [3.05, 3.63) is 17.5 Å². The van der Waals surface area contributed by atoms with Crippen LogP contribution in [-0.2, 0) is 4.74 Å². The van der Waals surface area contributed by atoms with Crippen LogP contribution in [0.25, 0.3) is 0 Å². The molecule has 6 heteroatoms. The molecule has 0 saturated carbocycles. The van der Waals surface area contributed by atoms with Crippen LogP contribution in [0.2, 0.25) is 0 Å². The number of carbonyl (C=O) groups is 1. The van der Waals surface area contributed by atoms with Crippen molar-refractivity contribution in [2.45, 2.75) is 52.2 Å². The van der Waals surface area contributed by atoms with E-state index in [9.17, 15) is 9.90 Å². The van der Waals surface area contributed by atoms with Crippen LogP contribution in [-0.4, -0.2) is 46.7 Å². The number of amides is 1. The van der Waals surface area contributed by atoms with E-state index in [0.29, 0.717) is 23.9 Å². The Hall–Kier alpha value is -1.40. The molecule has 6 nitrogen and oxygen atoms in total. The number of ether oxygens (including phenoxy) is 1. The Bertz CT molecular complexity index is 493. The number of hydrogen-bond donors (Lipinski definition) is 2. The van der Waals surface area contributed by atoms with Gasteiger partial charge in [0, 0.05) is 25.5 Å². The van der Waals surface area contributed by atoms with Gasteiger partial charge in [-0.2, -0.15) is 5.10 Å². The predicted octanol–water partition coefficient (Wildman–Crippen LogP) is 1.68. The Labute approximate surface area is 131 Å². The fourth-order valence-electron chi connectivity index (χ4n) is 2.88. The van der Waals surface area contributed by atoms with Gasteiger partial charge < -0.3 is 15.2 Å². The summed E-state index contributed by atoms with van der Waals surface area (Å²) in [6, 6.07) is 0.307. The number of aliphatic hydroxyl groups excluding tert-OH is 1. The molecule has 2 N–H and O–H groups in total. The van der Waals surface area contributed by atoms with Crippen molar-refractivity contribution in [2.24, 2.45) is 5.92 Å². The van der Waals surface area contributed by atoms with Crippen molar-refractivity contribution in [1.29, 1.82) is 0 Å². The van der Waals surface area contributed by atoms with Gasteiger partial charge in [-0.15, -0.1) is 0 Å². The molecule has 1 aromatic heterocycles. The summed E-state index contributed by atoms with van der Waals surface area (Å²) < 4.78 is 7.30. The zero-order chi connectivity index (χ0) is 16.1. The Kier molecular flexibility index (Phi) is 5.97. The predicted molar refractivity (Wildman–Crippen MR) is 83.8 cm³/mol. The number of hydrogen-bond acceptors (Lipinski definition) is 4. The molecule has 1 aliphatic rings. The second-order valence-corrected chi connectivity index (χ2v) is 6.43. The van der Waals surface area contributed by atoms with Crippen molar-refractivity contribution >= 4 is 5.91 Å². The van der Waals surface area contributed by atoms with Crippen LogP contribution in [0.3, 0.4) is 0 Å². The van der Waals surface area contributed by atoms with Gasteiger partial charge in [-0.25, -0.2) is 0 Å². The van der Waals surface area contributed by atoms with E-state index in [4.69, 9.17) is 4.74 Å². The van der Waals surface area contributed by atoms with Gasteiger partial charge in [0.1, 0.15) is 0 Å². The quantitative estimate of drug-likeness (QED) is 0.838. The van der Waals surface area contributed by atoms with E-state index in [2.05, 4.69) is 10.4 Å². The van der Waals surface area contributed by atoms with E-state index in [1.54, 1.807) is 6.20 Å². The first kappa shape index (κ1) is 17.0. The minimum atomic E-state index is -0.505. The number of nitrogens with zero attached hydrogens (tertiary/aromatic N) is 2. The molecule has 1 atom stereocenters. The molecular formula is C16H27N3O3. The Morgan fingerprint density at radius 2 is 2.18 bits per heavy atom. The van der Waals surface area contributed by atoms with E-state index in [0.717, 1.165) is 31.7 Å². The van der Waals surface area contributed by atoms with Crippen molar-refractivity contribution in [3.63, 3.8) is 0 Å². The zero-order valence-electron chi connectivity index (χ0n) is 13.7. The second-order valence-electron chi connectivity index (χ2n) is 6.43. The summed E-state index contributed by atoms with van der Waals surface area (Å²) >= 11 is 0. The maximum atomic E-state index is 12.3. The minimum absolute atomic E-state index is 0.168. The lowest BCUT2D eigenvalue weighted by Crippen LogP contribution is -2.33. The van der Waals surface area contributed by atoms with Gasteiger partial charge in [-0.05, 0) is 32.1 Å². The van der Waals surface area contributed by atoms with Crippen LogP contribution >= 0.6 is 0 Å². The highest BCUT2D eigenvalue weighted by molar-refractivity contribution is 5.95. The molecule has 1 unspecified atom stereocenters. The minimum Gasteiger partial charge on any atom is -0.391 e. The molecule has 0 bridgehead atoms. The van der Waals surface area contributed by atoms with Crippen molar-refractivity contribution < 1.29 is 14.6 Å². The maximum Gasteiger partial charge on any atom is 0.254 e. The first-order valence-corrected chi connectivity index (χ1v) is 8.07. The Morgan fingerprint density at radius 3 is 2.82 bits per heavy atom. The highest BCUT2D eigenvalue weighted by Crippen LogP contribution is 2.23. The standard InChI is InChI=1S/C16H27N3O3/c1-11(2)8-14(20)9-17-16(21)15-10-18-19(12(15)3)13-4-6-22-7-5-13/h10-11,13-14,20H,4-9H2,1-3H3,(H,17,21). The third-order valence-corrected chi connectivity index (χ3v) is 4.07. The third kappa shape index (κ3) is 4.30. The molecule has 2 rings (SSSR count). The van der Waals surface area contributed by atoms with Gasteiger partial charge in [0.2, 0.25) is 0 Å². The van der Waals surface area contributed by atoms with E-state index >= 15 is 0 Å². The molecule has 124 valence electrons. The monoisotopic (exact) mass is 309 g/mol. The van der Waals surface area contributed by atoms with Gasteiger partial charge in [0.25, 0.3) is 5.91 Å². The van der Waals surface area contributed by atoms with Crippen LogP contribution in [0.15, 0.2) is 6.20 Å². The number of rotatable bonds is 6. The third-order valence-electron chi connectivity index (χ3n) is 4.07. The van der Waals surface area contributed by atoms with E-state index < -0.39 is 6.10 Å². The number of nitrogens with one attached hydrogen (secondary N) is 1. The van der Waals surface area contributed by atoms with E-state index in [1.165, 1.54) is 0 Å². The van der Waals surface area contributed by atoms with Crippen molar-refractivity contribution in [3.8, 4) is 0 Å². The molecule has 1 aliphatic heterocycles. The maximum absolute atomic E-state index is 12.3. The zero-order valence-corrected chi connectivity index (χ0v) is 13.7.